The van der Waals surface area contributed by atoms with Crippen molar-refractivity contribution < 1.29 is 14.3 Å². The summed E-state index contributed by atoms with van der Waals surface area (Å²) in [6, 6.07) is 7.35. The Balaban J connectivity index is 2.24. The van der Waals surface area contributed by atoms with Crippen LogP contribution >= 0.6 is 0 Å². The molecule has 2 heterocycles. The Morgan fingerprint density at radius 1 is 1.26 bits per heavy atom. The summed E-state index contributed by atoms with van der Waals surface area (Å²) in [4.78, 5) is 20.7. The van der Waals surface area contributed by atoms with E-state index in [1.165, 1.54) is 6.20 Å². The number of nitrogens with zero attached hydrogens (tertiary/aromatic N) is 4. The molecule has 0 saturated carbocycles. The molecule has 7 heteroatoms. The van der Waals surface area contributed by atoms with Crippen LogP contribution < -0.4 is 4.74 Å². The summed E-state index contributed by atoms with van der Waals surface area (Å²) in [6.45, 7) is 3.82. The van der Waals surface area contributed by atoms with Crippen LogP contribution in [-0.2, 0) is 4.74 Å². The normalized spacial score (nSPS) is 10.7. The van der Waals surface area contributed by atoms with Gasteiger partial charge in [-0.3, -0.25) is 0 Å². The molecule has 0 unspecified atom stereocenters. The number of carbonyl (C=O) groups excluding carboxylic acids is 1. The van der Waals surface area contributed by atoms with Crippen molar-refractivity contribution in [3.63, 3.8) is 0 Å². The van der Waals surface area contributed by atoms with Gasteiger partial charge in [0.1, 0.15) is 17.1 Å². The van der Waals surface area contributed by atoms with Crippen LogP contribution in [0.5, 0.6) is 5.75 Å². The number of aromatic nitrogens is 4. The second-order valence-electron chi connectivity index (χ2n) is 4.84. The molecule has 0 fully saturated rings. The van der Waals surface area contributed by atoms with Gasteiger partial charge >= 0.3 is 5.97 Å². The fraction of sp³-hybridized carbons (Fsp3) is 0.250. The van der Waals surface area contributed by atoms with E-state index in [1.54, 1.807) is 25.5 Å². The Morgan fingerprint density at radius 2 is 2.00 bits per heavy atom. The number of ether oxygens (including phenoxy) is 2. The number of carbonyl (C=O) groups is 1. The number of benzene rings is 1. The molecule has 0 radical (unpaired) electrons. The van der Waals surface area contributed by atoms with Crippen LogP contribution in [0.15, 0.2) is 30.5 Å². The van der Waals surface area contributed by atoms with E-state index in [2.05, 4.69) is 15.1 Å². The van der Waals surface area contributed by atoms with Gasteiger partial charge in [0.15, 0.2) is 0 Å². The number of esters is 1. The Bertz CT molecular complexity index is 856. The Kier molecular flexibility index (Phi) is 3.92. The number of fused-ring (bicyclic) bond motifs is 1. The van der Waals surface area contributed by atoms with E-state index in [0.29, 0.717) is 22.9 Å². The topological polar surface area (TPSA) is 78.6 Å². The number of rotatable bonds is 4. The van der Waals surface area contributed by atoms with Gasteiger partial charge in [-0.1, -0.05) is 0 Å². The van der Waals surface area contributed by atoms with Crippen LogP contribution in [0.25, 0.3) is 17.0 Å². The monoisotopic (exact) mass is 312 g/mol. The maximum absolute atomic E-state index is 12.3. The van der Waals surface area contributed by atoms with Crippen molar-refractivity contribution in [3.05, 3.63) is 41.9 Å². The summed E-state index contributed by atoms with van der Waals surface area (Å²) >= 11 is 0. The third-order valence-corrected chi connectivity index (χ3v) is 3.33. The zero-order chi connectivity index (χ0) is 16.4. The number of hydrogen-bond acceptors (Lipinski definition) is 6. The zero-order valence-electron chi connectivity index (χ0n) is 13.1. The third-order valence-electron chi connectivity index (χ3n) is 3.33. The quantitative estimate of drug-likeness (QED) is 0.688. The molecular formula is C16H16N4O3. The zero-order valence-corrected chi connectivity index (χ0v) is 13.1. The van der Waals surface area contributed by atoms with Crippen molar-refractivity contribution >= 4 is 11.7 Å². The van der Waals surface area contributed by atoms with E-state index in [1.807, 2.05) is 24.3 Å². The molecule has 0 atom stereocenters. The SMILES string of the molecule is CCOC(=O)c1cnc2nc(C)nn2c1-c1ccc(OC)cc1. The van der Waals surface area contributed by atoms with E-state index < -0.39 is 5.97 Å². The second kappa shape index (κ2) is 6.04. The van der Waals surface area contributed by atoms with Gasteiger partial charge in [0, 0.05) is 11.8 Å². The molecule has 0 aliphatic rings. The average Bonchev–Trinajstić information content (AvgIpc) is 2.94. The van der Waals surface area contributed by atoms with Crippen molar-refractivity contribution in [2.45, 2.75) is 13.8 Å². The molecule has 0 amide bonds. The van der Waals surface area contributed by atoms with Gasteiger partial charge in [0.25, 0.3) is 5.78 Å². The minimum absolute atomic E-state index is 0.287. The summed E-state index contributed by atoms with van der Waals surface area (Å²) in [5.74, 6) is 1.29. The molecule has 0 bridgehead atoms. The minimum Gasteiger partial charge on any atom is -0.497 e. The first-order valence-electron chi connectivity index (χ1n) is 7.18. The molecule has 2 aromatic heterocycles. The molecule has 0 aliphatic heterocycles. The molecule has 0 N–H and O–H groups in total. The van der Waals surface area contributed by atoms with E-state index in [4.69, 9.17) is 9.47 Å². The maximum Gasteiger partial charge on any atom is 0.341 e. The van der Waals surface area contributed by atoms with Gasteiger partial charge in [-0.2, -0.15) is 9.50 Å². The van der Waals surface area contributed by atoms with Crippen molar-refractivity contribution in [2.75, 3.05) is 13.7 Å². The highest BCUT2D eigenvalue weighted by molar-refractivity contribution is 5.96. The van der Waals surface area contributed by atoms with E-state index in [0.717, 1.165) is 11.3 Å². The van der Waals surface area contributed by atoms with Crippen LogP contribution in [0, 0.1) is 6.92 Å². The largest absolute Gasteiger partial charge is 0.497 e. The lowest BCUT2D eigenvalue weighted by molar-refractivity contribution is 0.0526. The predicted octanol–water partition coefficient (Wildman–Crippen LogP) is 2.29. The van der Waals surface area contributed by atoms with Crippen molar-refractivity contribution in [3.8, 4) is 17.0 Å². The Labute approximate surface area is 132 Å². The van der Waals surface area contributed by atoms with Gasteiger partial charge < -0.3 is 9.47 Å². The summed E-state index contributed by atoms with van der Waals surface area (Å²) in [5, 5.41) is 4.34. The summed E-state index contributed by atoms with van der Waals surface area (Å²) in [5.41, 5.74) is 1.73. The van der Waals surface area contributed by atoms with E-state index in [9.17, 15) is 4.79 Å². The van der Waals surface area contributed by atoms with Crippen molar-refractivity contribution in [1.29, 1.82) is 0 Å². The number of aryl methyl sites for hydroxylation is 1. The molecule has 3 aromatic rings. The lowest BCUT2D eigenvalue weighted by Crippen LogP contribution is -2.11. The fourth-order valence-electron chi connectivity index (χ4n) is 2.32. The van der Waals surface area contributed by atoms with Gasteiger partial charge in [-0.15, -0.1) is 5.10 Å². The standard InChI is InChI=1S/C16H16N4O3/c1-4-23-15(21)13-9-17-16-18-10(2)19-20(16)14(13)11-5-7-12(22-3)8-6-11/h5-9H,4H2,1-3H3. The first-order chi connectivity index (χ1) is 11.1. The molecule has 3 rings (SSSR count). The van der Waals surface area contributed by atoms with Gasteiger partial charge in [0.05, 0.1) is 19.4 Å². The first-order valence-corrected chi connectivity index (χ1v) is 7.18. The summed E-state index contributed by atoms with van der Waals surface area (Å²) < 4.78 is 11.9. The molecule has 0 saturated heterocycles. The number of methoxy groups -OCH3 is 1. The third kappa shape index (κ3) is 2.73. The van der Waals surface area contributed by atoms with Crippen molar-refractivity contribution in [1.82, 2.24) is 19.6 Å². The van der Waals surface area contributed by atoms with Crippen LogP contribution in [0.2, 0.25) is 0 Å². The fourth-order valence-corrected chi connectivity index (χ4v) is 2.32. The highest BCUT2D eigenvalue weighted by Crippen LogP contribution is 2.26. The lowest BCUT2D eigenvalue weighted by atomic mass is 10.1. The lowest BCUT2D eigenvalue weighted by Gasteiger charge is -2.10. The van der Waals surface area contributed by atoms with Gasteiger partial charge in [-0.25, -0.2) is 9.78 Å². The highest BCUT2D eigenvalue weighted by Gasteiger charge is 2.20. The van der Waals surface area contributed by atoms with Crippen LogP contribution in [0.3, 0.4) is 0 Å². The molecular weight excluding hydrogens is 296 g/mol. The van der Waals surface area contributed by atoms with Crippen molar-refractivity contribution in [2.24, 2.45) is 0 Å². The van der Waals surface area contributed by atoms with Crippen LogP contribution in [0.4, 0.5) is 0 Å². The second-order valence-corrected chi connectivity index (χ2v) is 4.84. The molecule has 0 spiro atoms. The van der Waals surface area contributed by atoms with Crippen LogP contribution in [-0.4, -0.2) is 39.3 Å². The average molecular weight is 312 g/mol. The van der Waals surface area contributed by atoms with Gasteiger partial charge in [0.2, 0.25) is 0 Å². The molecule has 1 aromatic carbocycles. The first kappa shape index (κ1) is 15.0. The minimum atomic E-state index is -0.444. The maximum atomic E-state index is 12.3. The van der Waals surface area contributed by atoms with Gasteiger partial charge in [-0.05, 0) is 38.1 Å². The van der Waals surface area contributed by atoms with E-state index >= 15 is 0 Å². The molecule has 7 nitrogen and oxygen atoms in total. The molecule has 0 aliphatic carbocycles. The molecule has 23 heavy (non-hydrogen) atoms. The summed E-state index contributed by atoms with van der Waals surface area (Å²) in [6.07, 6.45) is 1.47. The summed E-state index contributed by atoms with van der Waals surface area (Å²) in [7, 11) is 1.60. The predicted molar refractivity (Wildman–Crippen MR) is 83.5 cm³/mol. The Hall–Kier alpha value is -2.96. The Morgan fingerprint density at radius 3 is 2.65 bits per heavy atom. The number of hydrogen-bond donors (Lipinski definition) is 0. The molecule has 118 valence electrons. The smallest absolute Gasteiger partial charge is 0.341 e. The van der Waals surface area contributed by atoms with E-state index in [-0.39, 0.29) is 6.61 Å². The highest BCUT2D eigenvalue weighted by atomic mass is 16.5. The van der Waals surface area contributed by atoms with Crippen LogP contribution in [0.1, 0.15) is 23.1 Å².